The van der Waals surface area contributed by atoms with Gasteiger partial charge in [-0.15, -0.1) is 5.10 Å². The van der Waals surface area contributed by atoms with Gasteiger partial charge in [0.25, 0.3) is 0 Å². The lowest BCUT2D eigenvalue weighted by atomic mass is 10.3. The van der Waals surface area contributed by atoms with Gasteiger partial charge in [0, 0.05) is 44.3 Å². The summed E-state index contributed by atoms with van der Waals surface area (Å²) in [7, 11) is 0. The predicted molar refractivity (Wildman–Crippen MR) is 101 cm³/mol. The number of piperazine rings is 1. The molecule has 0 bridgehead atoms. The third kappa shape index (κ3) is 4.03. The molecule has 8 nitrogen and oxygen atoms in total. The lowest BCUT2D eigenvalue weighted by Crippen LogP contribution is -2.47. The molecule has 1 aliphatic rings. The van der Waals surface area contributed by atoms with Crippen LogP contribution >= 0.6 is 11.6 Å². The maximum atomic E-state index is 13.3. The van der Waals surface area contributed by atoms with Crippen LogP contribution in [0.2, 0.25) is 5.02 Å². The molecule has 27 heavy (non-hydrogen) atoms. The number of nitrogens with one attached hydrogen (secondary N) is 1. The van der Waals surface area contributed by atoms with E-state index in [0.29, 0.717) is 17.5 Å². The van der Waals surface area contributed by atoms with Crippen molar-refractivity contribution in [3.63, 3.8) is 0 Å². The first kappa shape index (κ1) is 17.3. The Morgan fingerprint density at radius 3 is 2.41 bits per heavy atom. The molecular weight excluding hydrogens is 371 g/mol. The van der Waals surface area contributed by atoms with Crippen LogP contribution in [-0.2, 0) is 0 Å². The second kappa shape index (κ2) is 7.67. The van der Waals surface area contributed by atoms with Gasteiger partial charge in [-0.05, 0) is 24.3 Å². The number of hydrogen-bond acceptors (Lipinski definition) is 8. The molecule has 0 saturated carbocycles. The smallest absolute Gasteiger partial charge is 0.247 e. The molecule has 0 atom stereocenters. The molecule has 0 radical (unpaired) electrons. The van der Waals surface area contributed by atoms with Gasteiger partial charge in [-0.1, -0.05) is 11.6 Å². The largest absolute Gasteiger partial charge is 0.339 e. The number of rotatable bonds is 4. The molecule has 1 aliphatic heterocycles. The quantitative estimate of drug-likeness (QED) is 0.732. The molecular formula is C17H16ClFN8. The molecule has 1 fully saturated rings. The van der Waals surface area contributed by atoms with E-state index in [-0.39, 0.29) is 5.02 Å². The van der Waals surface area contributed by atoms with E-state index in [1.54, 1.807) is 24.5 Å². The van der Waals surface area contributed by atoms with Gasteiger partial charge in [0.15, 0.2) is 5.82 Å². The van der Waals surface area contributed by atoms with Crippen LogP contribution < -0.4 is 15.1 Å². The van der Waals surface area contributed by atoms with Crippen molar-refractivity contribution >= 4 is 35.0 Å². The van der Waals surface area contributed by atoms with E-state index in [2.05, 4.69) is 40.3 Å². The lowest BCUT2D eigenvalue weighted by Gasteiger charge is -2.34. The SMILES string of the molecule is Fc1ccc(Nc2cnnc(N3CCN(c4ncccn4)CC3)n2)cc1Cl. The topological polar surface area (TPSA) is 83.0 Å². The Hall–Kier alpha value is -3.07. The minimum Gasteiger partial charge on any atom is -0.339 e. The van der Waals surface area contributed by atoms with Gasteiger partial charge in [0.05, 0.1) is 11.2 Å². The third-order valence-electron chi connectivity index (χ3n) is 4.14. The Labute approximate surface area is 160 Å². The second-order valence-corrected chi connectivity index (χ2v) is 6.33. The van der Waals surface area contributed by atoms with E-state index >= 15 is 0 Å². The van der Waals surface area contributed by atoms with Crippen LogP contribution in [0.3, 0.4) is 0 Å². The monoisotopic (exact) mass is 386 g/mol. The van der Waals surface area contributed by atoms with E-state index in [1.165, 1.54) is 18.3 Å². The minimum absolute atomic E-state index is 0.0430. The summed E-state index contributed by atoms with van der Waals surface area (Å²) in [5.41, 5.74) is 0.624. The standard InChI is InChI=1S/C17H16ClFN8/c18-13-10-12(2-3-14(13)19)23-15-11-22-25-17(24-15)27-8-6-26(7-9-27)16-20-4-1-5-21-16/h1-5,10-11H,6-9H2,(H,23,24,25). The molecule has 138 valence electrons. The molecule has 0 spiro atoms. The highest BCUT2D eigenvalue weighted by atomic mass is 35.5. The van der Waals surface area contributed by atoms with Crippen molar-refractivity contribution in [1.29, 1.82) is 0 Å². The van der Waals surface area contributed by atoms with Gasteiger partial charge in [-0.25, -0.2) is 14.4 Å². The van der Waals surface area contributed by atoms with Crippen LogP contribution in [0.25, 0.3) is 0 Å². The first-order valence-corrected chi connectivity index (χ1v) is 8.75. The molecule has 0 amide bonds. The Balaban J connectivity index is 1.43. The molecule has 1 aromatic carbocycles. The average Bonchev–Trinajstić information content (AvgIpc) is 2.72. The molecule has 1 saturated heterocycles. The normalized spacial score (nSPS) is 14.3. The molecule has 0 unspecified atom stereocenters. The van der Waals surface area contributed by atoms with Crippen LogP contribution in [0.5, 0.6) is 0 Å². The molecule has 4 rings (SSSR count). The first-order valence-electron chi connectivity index (χ1n) is 8.38. The molecule has 10 heteroatoms. The van der Waals surface area contributed by atoms with Gasteiger partial charge >= 0.3 is 0 Å². The molecule has 0 aliphatic carbocycles. The van der Waals surface area contributed by atoms with Crippen molar-refractivity contribution in [2.45, 2.75) is 0 Å². The predicted octanol–water partition coefficient (Wildman–Crippen LogP) is 2.52. The summed E-state index contributed by atoms with van der Waals surface area (Å²) in [6.07, 6.45) is 4.98. The number of benzene rings is 1. The Morgan fingerprint density at radius 2 is 1.70 bits per heavy atom. The molecule has 2 aromatic heterocycles. The van der Waals surface area contributed by atoms with Gasteiger partial charge in [0.2, 0.25) is 11.9 Å². The van der Waals surface area contributed by atoms with Gasteiger partial charge in [-0.3, -0.25) is 0 Å². The summed E-state index contributed by atoms with van der Waals surface area (Å²) in [6.45, 7) is 2.98. The van der Waals surface area contributed by atoms with Crippen molar-refractivity contribution in [2.24, 2.45) is 0 Å². The van der Waals surface area contributed by atoms with E-state index in [4.69, 9.17) is 11.6 Å². The van der Waals surface area contributed by atoms with Crippen LogP contribution in [0.15, 0.2) is 42.9 Å². The maximum Gasteiger partial charge on any atom is 0.247 e. The van der Waals surface area contributed by atoms with Crippen LogP contribution in [0.1, 0.15) is 0 Å². The average molecular weight is 387 g/mol. The number of anilines is 4. The summed E-state index contributed by atoms with van der Waals surface area (Å²) in [4.78, 5) is 17.2. The van der Waals surface area contributed by atoms with Crippen LogP contribution in [0.4, 0.5) is 27.8 Å². The van der Waals surface area contributed by atoms with Gasteiger partial charge in [-0.2, -0.15) is 10.1 Å². The Morgan fingerprint density at radius 1 is 1.00 bits per heavy atom. The van der Waals surface area contributed by atoms with Crippen molar-refractivity contribution in [2.75, 3.05) is 41.3 Å². The van der Waals surface area contributed by atoms with Crippen molar-refractivity contribution in [1.82, 2.24) is 25.1 Å². The summed E-state index contributed by atoms with van der Waals surface area (Å²) >= 11 is 5.81. The minimum atomic E-state index is -0.469. The summed E-state index contributed by atoms with van der Waals surface area (Å²) in [5.74, 6) is 1.29. The van der Waals surface area contributed by atoms with E-state index in [9.17, 15) is 4.39 Å². The molecule has 3 heterocycles. The second-order valence-electron chi connectivity index (χ2n) is 5.92. The van der Waals surface area contributed by atoms with Crippen LogP contribution in [0, 0.1) is 5.82 Å². The van der Waals surface area contributed by atoms with E-state index < -0.39 is 5.82 Å². The Kier molecular flexibility index (Phi) is 4.93. The number of halogens is 2. The summed E-state index contributed by atoms with van der Waals surface area (Å²) in [6, 6.07) is 6.18. The number of hydrogen-bond donors (Lipinski definition) is 1. The van der Waals surface area contributed by atoms with E-state index in [0.717, 1.165) is 32.1 Å². The zero-order chi connectivity index (χ0) is 18.6. The third-order valence-corrected chi connectivity index (χ3v) is 4.43. The zero-order valence-electron chi connectivity index (χ0n) is 14.3. The summed E-state index contributed by atoms with van der Waals surface area (Å²) < 4.78 is 13.3. The molecule has 1 N–H and O–H groups in total. The van der Waals surface area contributed by atoms with Gasteiger partial charge in [0.1, 0.15) is 5.82 Å². The van der Waals surface area contributed by atoms with Gasteiger partial charge < -0.3 is 15.1 Å². The Bertz CT molecular complexity index is 918. The van der Waals surface area contributed by atoms with Crippen molar-refractivity contribution in [3.8, 4) is 0 Å². The molecule has 3 aromatic rings. The lowest BCUT2D eigenvalue weighted by molar-refractivity contribution is 0.624. The fourth-order valence-electron chi connectivity index (χ4n) is 2.77. The highest BCUT2D eigenvalue weighted by Gasteiger charge is 2.21. The zero-order valence-corrected chi connectivity index (χ0v) is 15.0. The van der Waals surface area contributed by atoms with Crippen molar-refractivity contribution in [3.05, 3.63) is 53.7 Å². The number of nitrogens with zero attached hydrogens (tertiary/aromatic N) is 7. The number of aromatic nitrogens is 5. The highest BCUT2D eigenvalue weighted by Crippen LogP contribution is 2.22. The maximum absolute atomic E-state index is 13.3. The fourth-order valence-corrected chi connectivity index (χ4v) is 2.95. The highest BCUT2D eigenvalue weighted by molar-refractivity contribution is 6.31. The fraction of sp³-hybridized carbons (Fsp3) is 0.235. The van der Waals surface area contributed by atoms with Crippen LogP contribution in [-0.4, -0.2) is 51.3 Å². The first-order chi connectivity index (χ1) is 13.2. The summed E-state index contributed by atoms with van der Waals surface area (Å²) in [5, 5.41) is 11.2. The van der Waals surface area contributed by atoms with E-state index in [1.807, 2.05) is 0 Å². The van der Waals surface area contributed by atoms with Crippen molar-refractivity contribution < 1.29 is 4.39 Å².